The molecule has 0 aliphatic carbocycles. The Kier molecular flexibility index (Phi) is 7.40. The first-order valence-corrected chi connectivity index (χ1v) is 12.6. The number of carbonyl (C=O) groups excluding carboxylic acids is 1. The molecule has 2 aromatic heterocycles. The third-order valence-corrected chi connectivity index (χ3v) is 7.36. The second kappa shape index (κ2) is 10.4. The number of hydrogen-bond donors (Lipinski definition) is 1. The van der Waals surface area contributed by atoms with E-state index in [4.69, 9.17) is 0 Å². The van der Waals surface area contributed by atoms with Gasteiger partial charge in [-0.2, -0.15) is 0 Å². The average Bonchev–Trinajstić information content (AvgIpc) is 3.48. The van der Waals surface area contributed by atoms with Crippen LogP contribution in [-0.4, -0.2) is 39.5 Å². The number of benzene rings is 1. The van der Waals surface area contributed by atoms with Gasteiger partial charge < -0.3 is 9.88 Å². The van der Waals surface area contributed by atoms with Gasteiger partial charge in [-0.3, -0.25) is 14.5 Å². The molecule has 1 aromatic carbocycles. The third kappa shape index (κ3) is 5.09. The minimum absolute atomic E-state index is 0.207. The van der Waals surface area contributed by atoms with Crippen LogP contribution in [0.5, 0.6) is 0 Å². The number of hydrogen-bond acceptors (Lipinski definition) is 5. The topological polar surface area (TPSA) is 67.2 Å². The lowest BCUT2D eigenvalue weighted by molar-refractivity contribution is 0.0947. The van der Waals surface area contributed by atoms with E-state index in [1.165, 1.54) is 17.8 Å². The predicted molar refractivity (Wildman–Crippen MR) is 134 cm³/mol. The molecule has 0 spiro atoms. The van der Waals surface area contributed by atoms with E-state index in [2.05, 4.69) is 26.7 Å². The number of nitrogens with zero attached hydrogens (tertiary/aromatic N) is 3. The first-order valence-electron chi connectivity index (χ1n) is 11.8. The predicted octanol–water partition coefficient (Wildman–Crippen LogP) is 4.26. The lowest BCUT2D eigenvalue weighted by Gasteiger charge is -2.27. The Hall–Kier alpha value is -2.77. The van der Waals surface area contributed by atoms with Crippen LogP contribution >= 0.6 is 11.3 Å². The van der Waals surface area contributed by atoms with E-state index >= 15 is 0 Å². The normalized spacial score (nSPS) is 16.3. The van der Waals surface area contributed by atoms with Crippen molar-refractivity contribution in [1.29, 1.82) is 0 Å². The molecule has 1 saturated heterocycles. The molecule has 3 aromatic rings. The van der Waals surface area contributed by atoms with Crippen LogP contribution in [0.2, 0.25) is 0 Å². The molecule has 6 nitrogen and oxygen atoms in total. The number of thiazole rings is 1. The van der Waals surface area contributed by atoms with Crippen molar-refractivity contribution in [1.82, 2.24) is 19.8 Å². The number of likely N-dealkylation sites (N-methyl/N-ethyl adjacent to an activating group) is 1. The highest BCUT2D eigenvalue weighted by Gasteiger charge is 2.26. The van der Waals surface area contributed by atoms with E-state index in [0.29, 0.717) is 19.0 Å². The van der Waals surface area contributed by atoms with Crippen molar-refractivity contribution in [2.24, 2.45) is 0 Å². The molecule has 3 heterocycles. The van der Waals surface area contributed by atoms with Crippen molar-refractivity contribution in [3.63, 3.8) is 0 Å². The summed E-state index contributed by atoms with van der Waals surface area (Å²) >= 11 is 1.51. The summed E-state index contributed by atoms with van der Waals surface area (Å²) in [6.07, 6.45) is 2.98. The molecule has 1 atom stereocenters. The molecule has 1 aliphatic heterocycles. The van der Waals surface area contributed by atoms with E-state index in [1.807, 2.05) is 49.6 Å². The Balaban J connectivity index is 1.53. The van der Waals surface area contributed by atoms with Crippen molar-refractivity contribution < 1.29 is 4.79 Å². The van der Waals surface area contributed by atoms with E-state index < -0.39 is 0 Å². The first kappa shape index (κ1) is 23.4. The van der Waals surface area contributed by atoms with Gasteiger partial charge in [0.05, 0.1) is 12.2 Å². The van der Waals surface area contributed by atoms with Crippen molar-refractivity contribution >= 4 is 17.2 Å². The van der Waals surface area contributed by atoms with Gasteiger partial charge in [0.2, 0.25) is 0 Å². The van der Waals surface area contributed by atoms with Gasteiger partial charge in [-0.25, -0.2) is 4.98 Å². The summed E-state index contributed by atoms with van der Waals surface area (Å²) in [5.74, 6) is -0.319. The number of carbonyl (C=O) groups is 1. The fourth-order valence-electron chi connectivity index (χ4n) is 4.80. The molecule has 33 heavy (non-hydrogen) atoms. The molecule has 7 heteroatoms. The van der Waals surface area contributed by atoms with E-state index in [-0.39, 0.29) is 16.9 Å². The molecule has 1 aliphatic rings. The second-order valence-electron chi connectivity index (χ2n) is 8.54. The standard InChI is InChI=1S/C26H32N4O2S/c1-4-22-25(23(31)14-18(3)30(22)16-20-12-9-13-29(20)5-2)26(32)27-15-24-28-21(17-33-24)19-10-7-6-8-11-19/h6-8,10-11,14,17,20H,4-5,9,12-13,15-16H2,1-3H3,(H,27,32). The molecule has 1 amide bonds. The van der Waals surface area contributed by atoms with Crippen molar-refractivity contribution in [3.05, 3.63) is 74.0 Å². The molecule has 174 valence electrons. The van der Waals surface area contributed by atoms with Gasteiger partial charge in [0.15, 0.2) is 5.43 Å². The van der Waals surface area contributed by atoms with Gasteiger partial charge in [0.25, 0.3) is 5.91 Å². The van der Waals surface area contributed by atoms with Crippen LogP contribution in [0.3, 0.4) is 0 Å². The largest absolute Gasteiger partial charge is 0.346 e. The highest BCUT2D eigenvalue weighted by molar-refractivity contribution is 7.09. The maximum Gasteiger partial charge on any atom is 0.257 e. The van der Waals surface area contributed by atoms with Crippen LogP contribution in [0.1, 0.15) is 53.4 Å². The Labute approximate surface area is 199 Å². The number of amides is 1. The van der Waals surface area contributed by atoms with Gasteiger partial charge in [0, 0.05) is 41.0 Å². The lowest BCUT2D eigenvalue weighted by Crippen LogP contribution is -2.37. The van der Waals surface area contributed by atoms with Gasteiger partial charge in [-0.15, -0.1) is 11.3 Å². The highest BCUT2D eigenvalue weighted by Crippen LogP contribution is 2.22. The molecule has 1 fully saturated rings. The van der Waals surface area contributed by atoms with Crippen molar-refractivity contribution in [2.45, 2.75) is 59.2 Å². The second-order valence-corrected chi connectivity index (χ2v) is 9.48. The fraction of sp³-hybridized carbons (Fsp3) is 0.423. The van der Waals surface area contributed by atoms with Gasteiger partial charge in [-0.1, -0.05) is 44.2 Å². The average molecular weight is 465 g/mol. The Morgan fingerprint density at radius 3 is 2.76 bits per heavy atom. The molecule has 0 saturated carbocycles. The smallest absolute Gasteiger partial charge is 0.257 e. The lowest BCUT2D eigenvalue weighted by atomic mass is 10.1. The van der Waals surface area contributed by atoms with Crippen molar-refractivity contribution in [2.75, 3.05) is 13.1 Å². The summed E-state index contributed by atoms with van der Waals surface area (Å²) in [7, 11) is 0. The minimum Gasteiger partial charge on any atom is -0.346 e. The maximum absolute atomic E-state index is 13.2. The zero-order valence-electron chi connectivity index (χ0n) is 19.6. The number of rotatable bonds is 8. The third-order valence-electron chi connectivity index (χ3n) is 6.51. The van der Waals surface area contributed by atoms with Gasteiger partial charge >= 0.3 is 0 Å². The Morgan fingerprint density at radius 1 is 1.24 bits per heavy atom. The highest BCUT2D eigenvalue weighted by atomic mass is 32.1. The summed E-state index contributed by atoms with van der Waals surface area (Å²) < 4.78 is 2.19. The van der Waals surface area contributed by atoms with Crippen LogP contribution in [0.25, 0.3) is 11.3 Å². The number of pyridine rings is 1. The summed E-state index contributed by atoms with van der Waals surface area (Å²) in [6.45, 7) is 9.44. The molecule has 1 unspecified atom stereocenters. The zero-order chi connectivity index (χ0) is 23.4. The zero-order valence-corrected chi connectivity index (χ0v) is 20.5. The molecule has 0 radical (unpaired) electrons. The fourth-order valence-corrected chi connectivity index (χ4v) is 5.54. The summed E-state index contributed by atoms with van der Waals surface area (Å²) in [4.78, 5) is 33.2. The first-order chi connectivity index (χ1) is 16.0. The van der Waals surface area contributed by atoms with Gasteiger partial charge in [-0.05, 0) is 39.3 Å². The van der Waals surface area contributed by atoms with E-state index in [0.717, 1.165) is 53.7 Å². The number of nitrogens with one attached hydrogen (secondary N) is 1. The van der Waals surface area contributed by atoms with Crippen LogP contribution in [-0.2, 0) is 19.5 Å². The maximum atomic E-state index is 13.2. The summed E-state index contributed by atoms with van der Waals surface area (Å²) in [5.41, 5.74) is 3.75. The Morgan fingerprint density at radius 2 is 2.03 bits per heavy atom. The molecular weight excluding hydrogens is 432 g/mol. The van der Waals surface area contributed by atoms with Crippen molar-refractivity contribution in [3.8, 4) is 11.3 Å². The summed E-state index contributed by atoms with van der Waals surface area (Å²) in [6, 6.07) is 12.0. The van der Waals surface area contributed by atoms with E-state index in [9.17, 15) is 9.59 Å². The van der Waals surface area contributed by atoms with E-state index in [1.54, 1.807) is 6.07 Å². The minimum atomic E-state index is -0.319. The number of likely N-dealkylation sites (tertiary alicyclic amines) is 1. The van der Waals surface area contributed by atoms with Gasteiger partial charge in [0.1, 0.15) is 10.6 Å². The molecular formula is C26H32N4O2S. The molecule has 1 N–H and O–H groups in total. The SMILES string of the molecule is CCc1c(C(=O)NCc2nc(-c3ccccc3)cs2)c(=O)cc(C)n1CC1CCCN1CC. The molecule has 4 rings (SSSR count). The number of aryl methyl sites for hydroxylation is 1. The summed E-state index contributed by atoms with van der Waals surface area (Å²) in [5, 5.41) is 5.75. The number of aromatic nitrogens is 2. The monoisotopic (exact) mass is 464 g/mol. The molecule has 0 bridgehead atoms. The van der Waals surface area contributed by atoms with Crippen LogP contribution in [0.15, 0.2) is 46.6 Å². The quantitative estimate of drug-likeness (QED) is 0.541. The Bertz CT molecular complexity index is 1170. The van der Waals surface area contributed by atoms with Crippen LogP contribution in [0.4, 0.5) is 0 Å². The van der Waals surface area contributed by atoms with Crippen LogP contribution in [0, 0.1) is 6.92 Å². The van der Waals surface area contributed by atoms with Crippen LogP contribution < -0.4 is 10.7 Å².